The third-order valence-corrected chi connectivity index (χ3v) is 2.97. The number of hydrogen-bond donors (Lipinski definition) is 3. The van der Waals surface area contributed by atoms with Crippen LogP contribution in [-0.4, -0.2) is 56.8 Å². The number of nitrogens with one attached hydrogen (secondary N) is 1. The fourth-order valence-corrected chi connectivity index (χ4v) is 1.86. The molecule has 1 aromatic rings. The Labute approximate surface area is 116 Å². The summed E-state index contributed by atoms with van der Waals surface area (Å²) in [6.45, 7) is 4.90. The summed E-state index contributed by atoms with van der Waals surface area (Å²) in [6, 6.07) is 0.272. The molecular weight excluding hydrogens is 268 g/mol. The quantitative estimate of drug-likeness (QED) is 0.566. The molecule has 3 N–H and O–H groups in total. The van der Waals surface area contributed by atoms with Gasteiger partial charge < -0.3 is 20.3 Å². The monoisotopic (exact) mass is 288 g/mol. The van der Waals surface area contributed by atoms with Gasteiger partial charge >= 0.3 is 6.01 Å². The Kier molecular flexibility index (Phi) is 7.46. The van der Waals surface area contributed by atoms with E-state index in [2.05, 4.69) is 20.3 Å². The van der Waals surface area contributed by atoms with E-state index >= 15 is 0 Å². The molecule has 0 amide bonds. The smallest absolute Gasteiger partial charge is 0.322 e. The molecule has 1 atom stereocenters. The van der Waals surface area contributed by atoms with Gasteiger partial charge in [-0.3, -0.25) is 0 Å². The van der Waals surface area contributed by atoms with Gasteiger partial charge in [0.25, 0.3) is 0 Å². The van der Waals surface area contributed by atoms with E-state index in [1.54, 1.807) is 0 Å². The molecule has 108 valence electrons. The summed E-state index contributed by atoms with van der Waals surface area (Å²) in [5.41, 5.74) is 0. The van der Waals surface area contributed by atoms with Crippen LogP contribution < -0.4 is 10.1 Å². The van der Waals surface area contributed by atoms with Gasteiger partial charge in [-0.15, -0.1) is 0 Å². The lowest BCUT2D eigenvalue weighted by Crippen LogP contribution is -2.15. The highest BCUT2D eigenvalue weighted by atomic mass is 32.2. The molecule has 0 saturated carbocycles. The van der Waals surface area contributed by atoms with E-state index < -0.39 is 6.10 Å². The fraction of sp³-hybridized carbons (Fsp3) is 0.727. The number of hydrogen-bond acceptors (Lipinski definition) is 8. The SMILES string of the molecule is CCCOc1nc(NCC)nc(SCC(O)CO)n1. The Morgan fingerprint density at radius 1 is 1.32 bits per heavy atom. The third-order valence-electron chi connectivity index (χ3n) is 1.98. The zero-order valence-electron chi connectivity index (χ0n) is 11.2. The maximum absolute atomic E-state index is 9.31. The molecule has 1 aromatic heterocycles. The maximum Gasteiger partial charge on any atom is 0.322 e. The standard InChI is InChI=1S/C11H20N4O3S/c1-3-5-18-10-13-9(12-4-2)14-11(15-10)19-7-8(17)6-16/h8,16-17H,3-7H2,1-2H3,(H,12,13,14,15). The Bertz CT molecular complexity index is 381. The molecule has 19 heavy (non-hydrogen) atoms. The summed E-state index contributed by atoms with van der Waals surface area (Å²) in [5, 5.41) is 21.5. The number of aliphatic hydroxyl groups excluding tert-OH is 2. The van der Waals surface area contributed by atoms with Gasteiger partial charge in [0, 0.05) is 12.3 Å². The van der Waals surface area contributed by atoms with Crippen LogP contribution in [0.25, 0.3) is 0 Å². The van der Waals surface area contributed by atoms with Crippen LogP contribution in [0.4, 0.5) is 5.95 Å². The molecule has 0 bridgehead atoms. The van der Waals surface area contributed by atoms with Crippen molar-refractivity contribution in [3.8, 4) is 6.01 Å². The average Bonchev–Trinajstić information content (AvgIpc) is 2.42. The second-order valence-electron chi connectivity index (χ2n) is 3.75. The van der Waals surface area contributed by atoms with Crippen molar-refractivity contribution in [2.75, 3.05) is 30.8 Å². The zero-order valence-corrected chi connectivity index (χ0v) is 12.0. The highest BCUT2D eigenvalue weighted by molar-refractivity contribution is 7.99. The summed E-state index contributed by atoms with van der Waals surface area (Å²) in [6.07, 6.45) is 0.0813. The van der Waals surface area contributed by atoms with E-state index in [0.717, 1.165) is 6.42 Å². The van der Waals surface area contributed by atoms with Crippen molar-refractivity contribution >= 4 is 17.7 Å². The van der Waals surface area contributed by atoms with Crippen molar-refractivity contribution < 1.29 is 14.9 Å². The van der Waals surface area contributed by atoms with Gasteiger partial charge in [0.1, 0.15) is 0 Å². The number of thioether (sulfide) groups is 1. The number of ether oxygens (including phenoxy) is 1. The lowest BCUT2D eigenvalue weighted by Gasteiger charge is -2.09. The minimum absolute atomic E-state index is 0.272. The van der Waals surface area contributed by atoms with E-state index in [4.69, 9.17) is 9.84 Å². The van der Waals surface area contributed by atoms with Gasteiger partial charge in [-0.05, 0) is 13.3 Å². The predicted octanol–water partition coefficient (Wildman–Crippen LogP) is 0.537. The van der Waals surface area contributed by atoms with Gasteiger partial charge in [-0.2, -0.15) is 15.0 Å². The molecule has 0 aromatic carbocycles. The minimum Gasteiger partial charge on any atom is -0.463 e. The van der Waals surface area contributed by atoms with E-state index in [0.29, 0.717) is 30.0 Å². The summed E-state index contributed by atoms with van der Waals surface area (Å²) < 4.78 is 5.39. The molecule has 0 aliphatic heterocycles. The van der Waals surface area contributed by atoms with Gasteiger partial charge in [0.05, 0.1) is 19.3 Å². The van der Waals surface area contributed by atoms with Crippen LogP contribution in [0, 0.1) is 0 Å². The van der Waals surface area contributed by atoms with Gasteiger partial charge in [-0.25, -0.2) is 0 Å². The Balaban J connectivity index is 2.73. The average molecular weight is 288 g/mol. The normalized spacial score (nSPS) is 12.2. The van der Waals surface area contributed by atoms with Gasteiger partial charge in [-0.1, -0.05) is 18.7 Å². The number of rotatable bonds is 9. The lowest BCUT2D eigenvalue weighted by atomic mass is 10.4. The second kappa shape index (κ2) is 8.89. The minimum atomic E-state index is -0.788. The van der Waals surface area contributed by atoms with E-state index in [-0.39, 0.29) is 12.6 Å². The molecule has 0 aliphatic carbocycles. The van der Waals surface area contributed by atoms with Crippen LogP contribution in [0.5, 0.6) is 6.01 Å². The predicted molar refractivity (Wildman–Crippen MR) is 73.6 cm³/mol. The van der Waals surface area contributed by atoms with Crippen molar-refractivity contribution in [1.82, 2.24) is 15.0 Å². The highest BCUT2D eigenvalue weighted by Crippen LogP contribution is 2.18. The van der Waals surface area contributed by atoms with Crippen molar-refractivity contribution in [1.29, 1.82) is 0 Å². The molecule has 1 rings (SSSR count). The largest absolute Gasteiger partial charge is 0.463 e. The molecule has 0 aliphatic rings. The van der Waals surface area contributed by atoms with Crippen LogP contribution in [-0.2, 0) is 0 Å². The summed E-state index contributed by atoms with van der Waals surface area (Å²) in [4.78, 5) is 12.5. The van der Waals surface area contributed by atoms with Gasteiger partial charge in [0.15, 0.2) is 5.16 Å². The molecule has 0 saturated heterocycles. The summed E-state index contributed by atoms with van der Waals surface area (Å²) in [5.74, 6) is 0.767. The van der Waals surface area contributed by atoms with Crippen LogP contribution in [0.2, 0.25) is 0 Å². The molecule has 0 radical (unpaired) electrons. The summed E-state index contributed by atoms with van der Waals surface area (Å²) in [7, 11) is 0. The van der Waals surface area contributed by atoms with Crippen LogP contribution in [0.3, 0.4) is 0 Å². The van der Waals surface area contributed by atoms with Crippen LogP contribution >= 0.6 is 11.8 Å². The fourth-order valence-electron chi connectivity index (χ4n) is 1.12. The first-order valence-electron chi connectivity index (χ1n) is 6.24. The van der Waals surface area contributed by atoms with Crippen molar-refractivity contribution in [3.63, 3.8) is 0 Å². The molecule has 1 unspecified atom stereocenters. The summed E-state index contributed by atoms with van der Waals surface area (Å²) >= 11 is 1.25. The van der Waals surface area contributed by atoms with E-state index in [1.165, 1.54) is 11.8 Å². The first-order chi connectivity index (χ1) is 9.19. The Morgan fingerprint density at radius 2 is 2.11 bits per heavy atom. The Morgan fingerprint density at radius 3 is 2.74 bits per heavy atom. The molecule has 0 fully saturated rings. The van der Waals surface area contributed by atoms with E-state index in [9.17, 15) is 5.11 Å². The third kappa shape index (κ3) is 6.04. The topological polar surface area (TPSA) is 100 Å². The maximum atomic E-state index is 9.31. The number of anilines is 1. The number of nitrogens with zero attached hydrogens (tertiary/aromatic N) is 3. The van der Waals surface area contributed by atoms with Crippen molar-refractivity contribution in [3.05, 3.63) is 0 Å². The van der Waals surface area contributed by atoms with Crippen molar-refractivity contribution in [2.45, 2.75) is 31.5 Å². The van der Waals surface area contributed by atoms with Gasteiger partial charge in [0.2, 0.25) is 5.95 Å². The molecule has 7 nitrogen and oxygen atoms in total. The molecule has 0 spiro atoms. The molecular formula is C11H20N4O3S. The number of aromatic nitrogens is 3. The first kappa shape index (κ1) is 15.9. The lowest BCUT2D eigenvalue weighted by molar-refractivity contribution is 0.113. The van der Waals surface area contributed by atoms with Crippen LogP contribution in [0.1, 0.15) is 20.3 Å². The first-order valence-corrected chi connectivity index (χ1v) is 7.22. The van der Waals surface area contributed by atoms with Crippen molar-refractivity contribution in [2.24, 2.45) is 0 Å². The molecule has 8 heteroatoms. The second-order valence-corrected chi connectivity index (χ2v) is 4.74. The Hall–Kier alpha value is -1.12. The molecule has 1 heterocycles. The van der Waals surface area contributed by atoms with E-state index in [1.807, 2.05) is 13.8 Å². The number of aliphatic hydroxyl groups is 2. The zero-order chi connectivity index (χ0) is 14.1. The highest BCUT2D eigenvalue weighted by Gasteiger charge is 2.10. The van der Waals surface area contributed by atoms with Crippen LogP contribution in [0.15, 0.2) is 5.16 Å².